The van der Waals surface area contributed by atoms with E-state index in [4.69, 9.17) is 0 Å². The van der Waals surface area contributed by atoms with Crippen molar-refractivity contribution >= 4 is 5.82 Å². The van der Waals surface area contributed by atoms with Crippen LogP contribution in [0.4, 0.5) is 5.82 Å². The van der Waals surface area contributed by atoms with Gasteiger partial charge in [-0.15, -0.1) is 0 Å². The van der Waals surface area contributed by atoms with Gasteiger partial charge in [-0.25, -0.2) is 4.98 Å². The van der Waals surface area contributed by atoms with Gasteiger partial charge >= 0.3 is 0 Å². The smallest absolute Gasteiger partial charge is 0.146 e. The van der Waals surface area contributed by atoms with Gasteiger partial charge in [0, 0.05) is 18.8 Å². The lowest BCUT2D eigenvalue weighted by Gasteiger charge is -2.33. The molecule has 1 aromatic heterocycles. The molecule has 5 heteroatoms. The summed E-state index contributed by atoms with van der Waals surface area (Å²) in [5.41, 5.74) is 2.59. The molecule has 2 fully saturated rings. The molecule has 0 amide bonds. The largest absolute Gasteiger partial charge is 0.390 e. The number of hydrogen-bond acceptors (Lipinski definition) is 5. The quantitative estimate of drug-likeness (QED) is 0.899. The van der Waals surface area contributed by atoms with Gasteiger partial charge < -0.3 is 10.0 Å². The lowest BCUT2D eigenvalue weighted by molar-refractivity contribution is 0.0706. The SMILES string of the molecule is Cc1cc(C#N)c(N2C[C@H](O)[C@@H](N3CCCCC3)C2)nc1C. The molecule has 1 aromatic rings. The van der Waals surface area contributed by atoms with Gasteiger partial charge in [0.05, 0.1) is 17.7 Å². The van der Waals surface area contributed by atoms with E-state index in [1.807, 2.05) is 19.9 Å². The summed E-state index contributed by atoms with van der Waals surface area (Å²) in [7, 11) is 0. The Morgan fingerprint density at radius 2 is 1.95 bits per heavy atom. The highest BCUT2D eigenvalue weighted by Crippen LogP contribution is 2.27. The monoisotopic (exact) mass is 300 g/mol. The van der Waals surface area contributed by atoms with E-state index in [9.17, 15) is 10.4 Å². The fraction of sp³-hybridized carbons (Fsp3) is 0.647. The van der Waals surface area contributed by atoms with E-state index < -0.39 is 0 Å². The predicted molar refractivity (Wildman–Crippen MR) is 85.9 cm³/mol. The molecule has 3 heterocycles. The topological polar surface area (TPSA) is 63.4 Å². The molecule has 0 saturated carbocycles. The van der Waals surface area contributed by atoms with Gasteiger partial charge in [0.15, 0.2) is 0 Å². The third kappa shape index (κ3) is 2.81. The predicted octanol–water partition coefficient (Wildman–Crippen LogP) is 1.61. The highest BCUT2D eigenvalue weighted by molar-refractivity contribution is 5.57. The van der Waals surface area contributed by atoms with Crippen LogP contribution in [0.2, 0.25) is 0 Å². The average Bonchev–Trinajstić information content (AvgIpc) is 2.92. The normalized spacial score (nSPS) is 26.2. The molecule has 2 atom stereocenters. The highest BCUT2D eigenvalue weighted by Gasteiger charge is 2.37. The zero-order valence-electron chi connectivity index (χ0n) is 13.4. The molecule has 0 aromatic carbocycles. The van der Waals surface area contributed by atoms with Crippen LogP contribution in [0, 0.1) is 25.2 Å². The Morgan fingerprint density at radius 3 is 2.64 bits per heavy atom. The van der Waals surface area contributed by atoms with Crippen molar-refractivity contribution in [3.63, 3.8) is 0 Å². The van der Waals surface area contributed by atoms with Gasteiger partial charge in [0.25, 0.3) is 0 Å². The molecule has 0 unspecified atom stereocenters. The zero-order chi connectivity index (χ0) is 15.7. The van der Waals surface area contributed by atoms with Crippen LogP contribution in [0.25, 0.3) is 0 Å². The van der Waals surface area contributed by atoms with Crippen molar-refractivity contribution in [3.05, 3.63) is 22.9 Å². The summed E-state index contributed by atoms with van der Waals surface area (Å²) in [5, 5.41) is 19.9. The van der Waals surface area contributed by atoms with E-state index in [0.717, 1.165) is 36.7 Å². The Morgan fingerprint density at radius 1 is 1.23 bits per heavy atom. The molecule has 0 spiro atoms. The molecule has 0 bridgehead atoms. The van der Waals surface area contributed by atoms with Crippen molar-refractivity contribution in [2.24, 2.45) is 0 Å². The number of nitriles is 1. The van der Waals surface area contributed by atoms with E-state index in [0.29, 0.717) is 12.1 Å². The van der Waals surface area contributed by atoms with E-state index in [2.05, 4.69) is 20.9 Å². The number of hydrogen-bond donors (Lipinski definition) is 1. The Hall–Kier alpha value is -1.64. The number of aryl methyl sites for hydroxylation is 2. The molecular formula is C17H24N4O. The molecule has 2 aliphatic heterocycles. The number of anilines is 1. The number of nitrogens with zero attached hydrogens (tertiary/aromatic N) is 4. The number of β-amino-alcohol motifs (C(OH)–C–C–N with tert-alkyl or cyclic N) is 1. The first kappa shape index (κ1) is 15.3. The molecular weight excluding hydrogens is 276 g/mol. The van der Waals surface area contributed by atoms with Crippen LogP contribution in [-0.2, 0) is 0 Å². The molecule has 0 aliphatic carbocycles. The summed E-state index contributed by atoms with van der Waals surface area (Å²) in [6.45, 7) is 7.40. The van der Waals surface area contributed by atoms with Gasteiger partial charge in [0.1, 0.15) is 11.9 Å². The number of aliphatic hydroxyl groups excluding tert-OH is 1. The molecule has 0 radical (unpaired) electrons. The summed E-state index contributed by atoms with van der Waals surface area (Å²) in [4.78, 5) is 9.10. The Labute approximate surface area is 132 Å². The average molecular weight is 300 g/mol. The maximum atomic E-state index is 10.5. The van der Waals surface area contributed by atoms with Crippen molar-refractivity contribution in [1.82, 2.24) is 9.88 Å². The Balaban J connectivity index is 1.82. The third-order valence-electron chi connectivity index (χ3n) is 4.98. The summed E-state index contributed by atoms with van der Waals surface area (Å²) in [5.74, 6) is 0.726. The number of likely N-dealkylation sites (tertiary alicyclic amines) is 1. The number of aliphatic hydroxyl groups is 1. The molecule has 3 rings (SSSR count). The van der Waals surface area contributed by atoms with E-state index >= 15 is 0 Å². The van der Waals surface area contributed by atoms with Crippen molar-refractivity contribution < 1.29 is 5.11 Å². The van der Waals surface area contributed by atoms with Gasteiger partial charge in [0.2, 0.25) is 0 Å². The minimum atomic E-state index is -0.368. The van der Waals surface area contributed by atoms with E-state index in [1.54, 1.807) is 0 Å². The third-order valence-corrected chi connectivity index (χ3v) is 4.98. The second-order valence-electron chi connectivity index (χ2n) is 6.51. The van der Waals surface area contributed by atoms with Crippen LogP contribution in [0.1, 0.15) is 36.1 Å². The minimum Gasteiger partial charge on any atom is -0.390 e. The number of aromatic nitrogens is 1. The first-order chi connectivity index (χ1) is 10.6. The fourth-order valence-electron chi connectivity index (χ4n) is 3.57. The second-order valence-corrected chi connectivity index (χ2v) is 6.51. The molecule has 2 aliphatic rings. The van der Waals surface area contributed by atoms with Crippen LogP contribution >= 0.6 is 0 Å². The van der Waals surface area contributed by atoms with Gasteiger partial charge in [-0.1, -0.05) is 6.42 Å². The van der Waals surface area contributed by atoms with Gasteiger partial charge in [-0.2, -0.15) is 5.26 Å². The fourth-order valence-corrected chi connectivity index (χ4v) is 3.57. The van der Waals surface area contributed by atoms with Crippen molar-refractivity contribution in [2.45, 2.75) is 45.3 Å². The standard InChI is InChI=1S/C17H24N4O/c1-12-8-14(9-18)17(19-13(12)2)21-10-15(16(22)11-21)20-6-4-3-5-7-20/h8,15-16,22H,3-7,10-11H2,1-2H3/t15-,16-/m0/s1. The second kappa shape index (κ2) is 6.23. The molecule has 1 N–H and O–H groups in total. The summed E-state index contributed by atoms with van der Waals surface area (Å²) in [6.07, 6.45) is 3.36. The molecule has 2 saturated heterocycles. The van der Waals surface area contributed by atoms with E-state index in [1.165, 1.54) is 19.3 Å². The summed E-state index contributed by atoms with van der Waals surface area (Å²) >= 11 is 0. The van der Waals surface area contributed by atoms with Crippen molar-refractivity contribution in [3.8, 4) is 6.07 Å². The summed E-state index contributed by atoms with van der Waals surface area (Å²) in [6, 6.07) is 4.31. The number of pyridine rings is 1. The zero-order valence-corrected chi connectivity index (χ0v) is 13.4. The summed E-state index contributed by atoms with van der Waals surface area (Å²) < 4.78 is 0. The molecule has 118 valence electrons. The van der Waals surface area contributed by atoms with Crippen LogP contribution in [0.5, 0.6) is 0 Å². The van der Waals surface area contributed by atoms with E-state index in [-0.39, 0.29) is 12.1 Å². The van der Waals surface area contributed by atoms with Crippen molar-refractivity contribution in [2.75, 3.05) is 31.1 Å². The van der Waals surface area contributed by atoms with Gasteiger partial charge in [-0.3, -0.25) is 4.90 Å². The number of rotatable bonds is 2. The molecule has 22 heavy (non-hydrogen) atoms. The van der Waals surface area contributed by atoms with Gasteiger partial charge in [-0.05, 0) is 51.4 Å². The maximum Gasteiger partial charge on any atom is 0.146 e. The first-order valence-corrected chi connectivity index (χ1v) is 8.15. The van der Waals surface area contributed by atoms with Crippen LogP contribution in [0.15, 0.2) is 6.07 Å². The van der Waals surface area contributed by atoms with Crippen LogP contribution < -0.4 is 4.90 Å². The van der Waals surface area contributed by atoms with Crippen LogP contribution in [-0.4, -0.2) is 53.3 Å². The Kier molecular flexibility index (Phi) is 4.32. The minimum absolute atomic E-state index is 0.162. The Bertz CT molecular complexity index is 589. The van der Waals surface area contributed by atoms with Crippen molar-refractivity contribution in [1.29, 1.82) is 5.26 Å². The molecule has 5 nitrogen and oxygen atoms in total. The maximum absolute atomic E-state index is 10.5. The number of piperidine rings is 1. The van der Waals surface area contributed by atoms with Crippen LogP contribution in [0.3, 0.4) is 0 Å². The lowest BCUT2D eigenvalue weighted by atomic mass is 10.1. The highest BCUT2D eigenvalue weighted by atomic mass is 16.3. The lowest BCUT2D eigenvalue weighted by Crippen LogP contribution is -2.45. The first-order valence-electron chi connectivity index (χ1n) is 8.15.